The SMILES string of the molecule is CCCCOCCC[C@@H](CC(=O)OC(C)(C)C)c1noc(-c2ncc(CC(C)C)s2)c1C1CC1. The zero-order valence-electron chi connectivity index (χ0n) is 21.8. The van der Waals surface area contributed by atoms with Crippen molar-refractivity contribution >= 4 is 17.3 Å². The summed E-state index contributed by atoms with van der Waals surface area (Å²) in [7, 11) is 0. The van der Waals surface area contributed by atoms with Crippen LogP contribution in [0, 0.1) is 5.92 Å². The third kappa shape index (κ3) is 8.19. The summed E-state index contributed by atoms with van der Waals surface area (Å²) in [4.78, 5) is 18.7. The molecule has 0 N–H and O–H groups in total. The molecule has 34 heavy (non-hydrogen) atoms. The molecule has 6 nitrogen and oxygen atoms in total. The van der Waals surface area contributed by atoms with Crippen molar-refractivity contribution in [2.24, 2.45) is 5.92 Å². The fourth-order valence-electron chi connectivity index (χ4n) is 4.13. The minimum Gasteiger partial charge on any atom is -0.460 e. The van der Waals surface area contributed by atoms with Gasteiger partial charge >= 0.3 is 5.97 Å². The number of esters is 1. The summed E-state index contributed by atoms with van der Waals surface area (Å²) in [5.41, 5.74) is 1.57. The maximum absolute atomic E-state index is 12.8. The van der Waals surface area contributed by atoms with Gasteiger partial charge in [-0.05, 0) is 71.1 Å². The average Bonchev–Trinajstić information content (AvgIpc) is 3.31. The van der Waals surface area contributed by atoms with Crippen LogP contribution >= 0.6 is 11.3 Å². The van der Waals surface area contributed by atoms with Crippen molar-refractivity contribution < 1.29 is 18.8 Å². The number of hydrogen-bond donors (Lipinski definition) is 0. The van der Waals surface area contributed by atoms with Crippen LogP contribution in [0.5, 0.6) is 0 Å². The van der Waals surface area contributed by atoms with E-state index in [1.165, 1.54) is 4.88 Å². The summed E-state index contributed by atoms with van der Waals surface area (Å²) in [6.07, 6.45) is 9.42. The van der Waals surface area contributed by atoms with Gasteiger partial charge in [-0.1, -0.05) is 32.3 Å². The third-order valence-electron chi connectivity index (χ3n) is 5.80. The summed E-state index contributed by atoms with van der Waals surface area (Å²) in [6.45, 7) is 13.8. The first kappa shape index (κ1) is 26.9. The number of unbranched alkanes of at least 4 members (excludes halogenated alkanes) is 1. The number of hydrogen-bond acceptors (Lipinski definition) is 7. The van der Waals surface area contributed by atoms with Gasteiger partial charge in [0.1, 0.15) is 5.60 Å². The van der Waals surface area contributed by atoms with Crippen molar-refractivity contribution in [1.82, 2.24) is 10.1 Å². The molecule has 2 heterocycles. The van der Waals surface area contributed by atoms with Crippen molar-refractivity contribution in [1.29, 1.82) is 0 Å². The van der Waals surface area contributed by atoms with Crippen LogP contribution in [0.15, 0.2) is 10.7 Å². The number of ether oxygens (including phenoxy) is 2. The van der Waals surface area contributed by atoms with Gasteiger partial charge in [-0.3, -0.25) is 4.79 Å². The highest BCUT2D eigenvalue weighted by atomic mass is 32.1. The monoisotopic (exact) mass is 490 g/mol. The molecule has 0 spiro atoms. The molecule has 1 saturated carbocycles. The Balaban J connectivity index is 1.81. The molecule has 1 fully saturated rings. The second kappa shape index (κ2) is 12.3. The number of nitrogens with zero attached hydrogens (tertiary/aromatic N) is 2. The van der Waals surface area contributed by atoms with Gasteiger partial charge in [0.05, 0.1) is 12.1 Å². The van der Waals surface area contributed by atoms with Gasteiger partial charge in [-0.25, -0.2) is 4.98 Å². The van der Waals surface area contributed by atoms with Gasteiger partial charge in [0.25, 0.3) is 0 Å². The van der Waals surface area contributed by atoms with Crippen LogP contribution < -0.4 is 0 Å². The van der Waals surface area contributed by atoms with Crippen LogP contribution in [0.3, 0.4) is 0 Å². The quantitative estimate of drug-likeness (QED) is 0.204. The molecule has 3 rings (SSSR count). The summed E-state index contributed by atoms with van der Waals surface area (Å²) >= 11 is 1.69. The van der Waals surface area contributed by atoms with E-state index in [1.807, 2.05) is 27.0 Å². The predicted molar refractivity (Wildman–Crippen MR) is 136 cm³/mol. The van der Waals surface area contributed by atoms with Crippen LogP contribution in [0.25, 0.3) is 10.8 Å². The van der Waals surface area contributed by atoms with Crippen LogP contribution in [0.4, 0.5) is 0 Å². The van der Waals surface area contributed by atoms with Crippen LogP contribution in [-0.4, -0.2) is 34.9 Å². The second-order valence-corrected chi connectivity index (χ2v) is 12.0. The molecule has 0 radical (unpaired) electrons. The van der Waals surface area contributed by atoms with Gasteiger partial charge in [0, 0.05) is 35.8 Å². The molecular formula is C27H42N2O4S. The second-order valence-electron chi connectivity index (χ2n) is 10.9. The number of aromatic nitrogens is 2. The Labute approximate surface area is 208 Å². The van der Waals surface area contributed by atoms with Crippen LogP contribution in [0.2, 0.25) is 0 Å². The lowest BCUT2D eigenvalue weighted by atomic mass is 9.91. The Morgan fingerprint density at radius 3 is 2.62 bits per heavy atom. The summed E-state index contributed by atoms with van der Waals surface area (Å²) in [5, 5.41) is 5.44. The normalized spacial score (nSPS) is 15.1. The van der Waals surface area contributed by atoms with Crippen molar-refractivity contribution in [3.8, 4) is 10.8 Å². The van der Waals surface area contributed by atoms with Gasteiger partial charge in [-0.2, -0.15) is 0 Å². The predicted octanol–water partition coefficient (Wildman–Crippen LogP) is 7.29. The molecular weight excluding hydrogens is 448 g/mol. The fourth-order valence-corrected chi connectivity index (χ4v) is 5.25. The Morgan fingerprint density at radius 1 is 1.24 bits per heavy atom. The van der Waals surface area contributed by atoms with Gasteiger partial charge in [-0.15, -0.1) is 11.3 Å². The zero-order valence-corrected chi connectivity index (χ0v) is 22.6. The van der Waals surface area contributed by atoms with E-state index in [2.05, 4.69) is 30.9 Å². The lowest BCUT2D eigenvalue weighted by molar-refractivity contribution is -0.155. The smallest absolute Gasteiger partial charge is 0.306 e. The minimum atomic E-state index is -0.507. The molecule has 0 unspecified atom stereocenters. The van der Waals surface area contributed by atoms with Crippen LogP contribution in [-0.2, 0) is 20.7 Å². The summed E-state index contributed by atoms with van der Waals surface area (Å²) in [5.74, 6) is 1.58. The van der Waals surface area contributed by atoms with E-state index in [1.54, 1.807) is 11.3 Å². The number of thiazole rings is 1. The number of carbonyl (C=O) groups excluding carboxylic acids is 1. The Kier molecular flexibility index (Phi) is 9.72. The first-order valence-corrected chi connectivity index (χ1v) is 13.7. The van der Waals surface area contributed by atoms with Crippen molar-refractivity contribution in [2.45, 2.75) is 110 Å². The zero-order chi connectivity index (χ0) is 24.7. The Hall–Kier alpha value is -1.73. The number of rotatable bonds is 14. The fraction of sp³-hybridized carbons (Fsp3) is 0.741. The molecule has 190 valence electrons. The number of carbonyl (C=O) groups is 1. The van der Waals surface area contributed by atoms with Crippen molar-refractivity contribution in [3.63, 3.8) is 0 Å². The average molecular weight is 491 g/mol. The molecule has 0 bridgehead atoms. The molecule has 2 aromatic rings. The maximum Gasteiger partial charge on any atom is 0.306 e. The first-order valence-electron chi connectivity index (χ1n) is 12.9. The Morgan fingerprint density at radius 2 is 1.97 bits per heavy atom. The molecule has 1 aliphatic carbocycles. The highest BCUT2D eigenvalue weighted by Crippen LogP contribution is 2.49. The van der Waals surface area contributed by atoms with E-state index in [4.69, 9.17) is 14.0 Å². The third-order valence-corrected chi connectivity index (χ3v) is 6.82. The molecule has 1 aliphatic rings. The Bertz CT molecular complexity index is 908. The van der Waals surface area contributed by atoms with E-state index in [0.29, 0.717) is 24.9 Å². The van der Waals surface area contributed by atoms with Gasteiger partial charge < -0.3 is 14.0 Å². The lowest BCUT2D eigenvalue weighted by Crippen LogP contribution is -2.25. The van der Waals surface area contributed by atoms with E-state index in [-0.39, 0.29) is 11.9 Å². The highest BCUT2D eigenvalue weighted by molar-refractivity contribution is 7.15. The topological polar surface area (TPSA) is 74.5 Å². The van der Waals surface area contributed by atoms with Crippen molar-refractivity contribution in [2.75, 3.05) is 13.2 Å². The molecule has 1 atom stereocenters. The summed E-state index contributed by atoms with van der Waals surface area (Å²) < 4.78 is 17.4. The molecule has 2 aromatic heterocycles. The molecule has 0 amide bonds. The van der Waals surface area contributed by atoms with E-state index in [9.17, 15) is 4.79 Å². The van der Waals surface area contributed by atoms with Gasteiger partial charge in [0.2, 0.25) is 0 Å². The largest absolute Gasteiger partial charge is 0.460 e. The summed E-state index contributed by atoms with van der Waals surface area (Å²) in [6, 6.07) is 0. The highest BCUT2D eigenvalue weighted by Gasteiger charge is 2.37. The van der Waals surface area contributed by atoms with Gasteiger partial charge in [0.15, 0.2) is 10.8 Å². The van der Waals surface area contributed by atoms with Crippen LogP contribution in [0.1, 0.15) is 114 Å². The molecule has 0 aliphatic heterocycles. The molecule has 7 heteroatoms. The maximum atomic E-state index is 12.8. The van der Waals surface area contributed by atoms with E-state index < -0.39 is 5.60 Å². The first-order chi connectivity index (χ1) is 16.2. The molecule has 0 saturated heterocycles. The van der Waals surface area contributed by atoms with Crippen molar-refractivity contribution in [3.05, 3.63) is 22.3 Å². The van der Waals surface area contributed by atoms with E-state index >= 15 is 0 Å². The van der Waals surface area contributed by atoms with E-state index in [0.717, 1.165) is 73.6 Å². The lowest BCUT2D eigenvalue weighted by Gasteiger charge is -2.22. The standard InChI is InChI=1S/C27H42N2O4S/c1-7-8-13-31-14-9-10-20(16-22(30)32-27(4,5)6)24-23(19-11-12-19)25(33-29-24)26-28-17-21(34-26)15-18(2)3/h17-20H,7-16H2,1-6H3/t20-/m0/s1. The minimum absolute atomic E-state index is 0.0483. The molecule has 0 aromatic carbocycles.